The predicted molar refractivity (Wildman–Crippen MR) is 114 cm³/mol. The van der Waals surface area contributed by atoms with Gasteiger partial charge in [-0.1, -0.05) is 31.2 Å². The first-order chi connectivity index (χ1) is 13.4. The van der Waals surface area contributed by atoms with E-state index in [9.17, 15) is 9.59 Å². The van der Waals surface area contributed by atoms with Crippen molar-refractivity contribution < 1.29 is 9.59 Å². The van der Waals surface area contributed by atoms with Gasteiger partial charge in [0, 0.05) is 52.0 Å². The van der Waals surface area contributed by atoms with Gasteiger partial charge in [-0.3, -0.25) is 9.59 Å². The average molecular weight is 380 g/mol. The minimum Gasteiger partial charge on any atom is -0.378 e. The first kappa shape index (κ1) is 19.9. The summed E-state index contributed by atoms with van der Waals surface area (Å²) in [6.45, 7) is 3.10. The van der Waals surface area contributed by atoms with E-state index >= 15 is 0 Å². The summed E-state index contributed by atoms with van der Waals surface area (Å²) in [5.74, 6) is -0.242. The summed E-state index contributed by atoms with van der Waals surface area (Å²) in [5, 5.41) is 0. The van der Waals surface area contributed by atoms with Gasteiger partial charge in [-0.15, -0.1) is 0 Å². The van der Waals surface area contributed by atoms with Gasteiger partial charge < -0.3 is 14.7 Å². The smallest absolute Gasteiger partial charge is 0.228 e. The Morgan fingerprint density at radius 2 is 1.61 bits per heavy atom. The topological polar surface area (TPSA) is 43.9 Å². The highest BCUT2D eigenvalue weighted by molar-refractivity contribution is 6.00. The molecule has 1 aliphatic rings. The van der Waals surface area contributed by atoms with Crippen LogP contribution in [-0.4, -0.2) is 44.4 Å². The summed E-state index contributed by atoms with van der Waals surface area (Å²) in [7, 11) is 5.82. The van der Waals surface area contributed by atoms with Gasteiger partial charge in [0.05, 0.1) is 5.92 Å². The number of anilines is 2. The first-order valence-corrected chi connectivity index (χ1v) is 9.79. The molecule has 5 nitrogen and oxygen atoms in total. The van der Waals surface area contributed by atoms with Crippen molar-refractivity contribution in [3.63, 3.8) is 0 Å². The number of nitrogens with zero attached hydrogens (tertiary/aromatic N) is 3. The number of aryl methyl sites for hydroxylation is 1. The number of hydrogen-bond acceptors (Lipinski definition) is 3. The van der Waals surface area contributed by atoms with Crippen molar-refractivity contribution >= 4 is 23.2 Å². The third kappa shape index (κ3) is 4.35. The monoisotopic (exact) mass is 379 g/mol. The molecule has 5 heteroatoms. The molecule has 0 radical (unpaired) electrons. The maximum Gasteiger partial charge on any atom is 0.228 e. The molecular formula is C23H29N3O2. The lowest BCUT2D eigenvalue weighted by Crippen LogP contribution is -2.34. The van der Waals surface area contributed by atoms with E-state index in [1.54, 1.807) is 9.80 Å². The fourth-order valence-electron chi connectivity index (χ4n) is 3.60. The quantitative estimate of drug-likeness (QED) is 0.773. The second-order valence-corrected chi connectivity index (χ2v) is 7.68. The minimum absolute atomic E-state index is 0.0198. The third-order valence-corrected chi connectivity index (χ3v) is 5.38. The standard InChI is InChI=1S/C23H29N3O2/c1-5-17-6-12-21(13-7-17)26-16-19(14-22(26)27)23(28)25(4)15-18-8-10-20(11-9-18)24(2)3/h6-13,19H,5,14-16H2,1-4H3. The molecule has 0 spiro atoms. The van der Waals surface area contributed by atoms with Crippen LogP contribution in [0.5, 0.6) is 0 Å². The molecule has 1 fully saturated rings. The molecule has 1 heterocycles. The summed E-state index contributed by atoms with van der Waals surface area (Å²) < 4.78 is 0. The molecule has 0 aliphatic carbocycles. The molecule has 28 heavy (non-hydrogen) atoms. The Hall–Kier alpha value is -2.82. The van der Waals surface area contributed by atoms with Crippen LogP contribution in [0.1, 0.15) is 24.5 Å². The molecule has 0 bridgehead atoms. The van der Waals surface area contributed by atoms with Crippen molar-refractivity contribution in [3.8, 4) is 0 Å². The summed E-state index contributed by atoms with van der Waals surface area (Å²) in [4.78, 5) is 30.9. The lowest BCUT2D eigenvalue weighted by molar-refractivity contribution is -0.135. The van der Waals surface area contributed by atoms with Gasteiger partial charge in [0.1, 0.15) is 0 Å². The molecule has 2 aromatic rings. The van der Waals surface area contributed by atoms with Gasteiger partial charge >= 0.3 is 0 Å². The van der Waals surface area contributed by atoms with Crippen LogP contribution in [-0.2, 0) is 22.6 Å². The average Bonchev–Trinajstić information content (AvgIpc) is 3.09. The lowest BCUT2D eigenvalue weighted by Gasteiger charge is -2.22. The van der Waals surface area contributed by atoms with Crippen LogP contribution in [0, 0.1) is 5.92 Å². The second kappa shape index (κ2) is 8.46. The molecule has 2 amide bonds. The van der Waals surface area contributed by atoms with E-state index in [4.69, 9.17) is 0 Å². The molecule has 1 saturated heterocycles. The Balaban J connectivity index is 1.62. The number of hydrogen-bond donors (Lipinski definition) is 0. The van der Waals surface area contributed by atoms with E-state index in [1.807, 2.05) is 62.4 Å². The number of benzene rings is 2. The van der Waals surface area contributed by atoms with Crippen LogP contribution in [0.2, 0.25) is 0 Å². The van der Waals surface area contributed by atoms with Crippen molar-refractivity contribution in [2.24, 2.45) is 5.92 Å². The molecular weight excluding hydrogens is 350 g/mol. The van der Waals surface area contributed by atoms with Crippen molar-refractivity contribution in [2.45, 2.75) is 26.3 Å². The van der Waals surface area contributed by atoms with E-state index < -0.39 is 0 Å². The van der Waals surface area contributed by atoms with Gasteiger partial charge in [-0.25, -0.2) is 0 Å². The summed E-state index contributed by atoms with van der Waals surface area (Å²) in [6, 6.07) is 16.2. The molecule has 3 rings (SSSR count). The van der Waals surface area contributed by atoms with Crippen molar-refractivity contribution in [3.05, 3.63) is 59.7 Å². The van der Waals surface area contributed by atoms with Gasteiger partial charge in [-0.2, -0.15) is 0 Å². The highest BCUT2D eigenvalue weighted by Gasteiger charge is 2.36. The van der Waals surface area contributed by atoms with E-state index in [0.717, 1.165) is 23.4 Å². The van der Waals surface area contributed by atoms with Crippen LogP contribution >= 0.6 is 0 Å². The lowest BCUT2D eigenvalue weighted by atomic mass is 10.1. The Bertz CT molecular complexity index is 828. The molecule has 2 aromatic carbocycles. The van der Waals surface area contributed by atoms with Gasteiger partial charge in [-0.05, 0) is 41.8 Å². The van der Waals surface area contributed by atoms with Crippen LogP contribution in [0.4, 0.5) is 11.4 Å². The molecule has 1 atom stereocenters. The SMILES string of the molecule is CCc1ccc(N2CC(C(=O)N(C)Cc3ccc(N(C)C)cc3)CC2=O)cc1. The second-order valence-electron chi connectivity index (χ2n) is 7.68. The van der Waals surface area contributed by atoms with Crippen molar-refractivity contribution in [1.82, 2.24) is 4.90 Å². The Kier molecular flexibility index (Phi) is 6.02. The molecule has 148 valence electrons. The van der Waals surface area contributed by atoms with Crippen LogP contribution in [0.25, 0.3) is 0 Å². The fourth-order valence-corrected chi connectivity index (χ4v) is 3.60. The molecule has 0 saturated carbocycles. The highest BCUT2D eigenvalue weighted by atomic mass is 16.2. The van der Waals surface area contributed by atoms with Gasteiger partial charge in [0.2, 0.25) is 11.8 Å². The summed E-state index contributed by atoms with van der Waals surface area (Å²) >= 11 is 0. The van der Waals surface area contributed by atoms with Crippen LogP contribution < -0.4 is 9.80 Å². The van der Waals surface area contributed by atoms with Crippen LogP contribution in [0.3, 0.4) is 0 Å². The first-order valence-electron chi connectivity index (χ1n) is 9.79. The van der Waals surface area contributed by atoms with Crippen molar-refractivity contribution in [1.29, 1.82) is 0 Å². The van der Waals surface area contributed by atoms with E-state index in [2.05, 4.69) is 19.1 Å². The zero-order chi connectivity index (χ0) is 20.3. The van der Waals surface area contributed by atoms with E-state index in [1.165, 1.54) is 5.56 Å². The number of amides is 2. The largest absolute Gasteiger partial charge is 0.378 e. The predicted octanol–water partition coefficient (Wildman–Crippen LogP) is 3.33. The normalized spacial score (nSPS) is 16.4. The van der Waals surface area contributed by atoms with E-state index in [-0.39, 0.29) is 24.2 Å². The maximum atomic E-state index is 12.9. The minimum atomic E-state index is -0.288. The number of rotatable bonds is 6. The Labute approximate surface area is 167 Å². The molecule has 1 aliphatic heterocycles. The highest BCUT2D eigenvalue weighted by Crippen LogP contribution is 2.27. The Morgan fingerprint density at radius 3 is 2.18 bits per heavy atom. The molecule has 1 unspecified atom stereocenters. The molecule has 0 aromatic heterocycles. The van der Waals surface area contributed by atoms with Gasteiger partial charge in [0.15, 0.2) is 0 Å². The van der Waals surface area contributed by atoms with Crippen LogP contribution in [0.15, 0.2) is 48.5 Å². The zero-order valence-corrected chi connectivity index (χ0v) is 17.2. The Morgan fingerprint density at radius 1 is 1.00 bits per heavy atom. The number of carbonyl (C=O) groups excluding carboxylic acids is 2. The maximum absolute atomic E-state index is 12.9. The summed E-state index contributed by atoms with van der Waals surface area (Å²) in [6.07, 6.45) is 1.24. The summed E-state index contributed by atoms with van der Waals surface area (Å²) in [5.41, 5.74) is 4.32. The molecule has 0 N–H and O–H groups in total. The zero-order valence-electron chi connectivity index (χ0n) is 17.2. The van der Waals surface area contributed by atoms with Crippen molar-refractivity contribution in [2.75, 3.05) is 37.5 Å². The number of carbonyl (C=O) groups is 2. The third-order valence-electron chi connectivity index (χ3n) is 5.38. The van der Waals surface area contributed by atoms with E-state index in [0.29, 0.717) is 13.1 Å². The fraction of sp³-hybridized carbons (Fsp3) is 0.391. The van der Waals surface area contributed by atoms with Gasteiger partial charge in [0.25, 0.3) is 0 Å².